The molecule has 2 N–H and O–H groups in total. The first kappa shape index (κ1) is 13.0. The number of pyridine rings is 1. The number of aryl methyl sites for hydroxylation is 1. The van der Waals surface area contributed by atoms with Gasteiger partial charge in [-0.15, -0.1) is 5.10 Å². The van der Waals surface area contributed by atoms with Gasteiger partial charge in [-0.1, -0.05) is 5.21 Å². The first-order valence-electron chi connectivity index (χ1n) is 6.27. The number of amides is 1. The Bertz CT molecular complexity index is 852. The molecule has 21 heavy (non-hydrogen) atoms. The Balaban J connectivity index is 1.87. The number of hydrogen-bond acceptors (Lipinski definition) is 5. The lowest BCUT2D eigenvalue weighted by atomic mass is 10.2. The molecule has 0 unspecified atom stereocenters. The minimum Gasteiger partial charge on any atom is -0.346 e. The summed E-state index contributed by atoms with van der Waals surface area (Å²) < 4.78 is 1.30. The van der Waals surface area contributed by atoms with E-state index in [-0.39, 0.29) is 11.2 Å². The van der Waals surface area contributed by atoms with E-state index in [0.29, 0.717) is 12.2 Å². The molecule has 0 atom stereocenters. The largest absolute Gasteiger partial charge is 0.346 e. The molecule has 0 aliphatic rings. The van der Waals surface area contributed by atoms with Crippen LogP contribution in [0.2, 0.25) is 0 Å². The Labute approximate surface area is 118 Å². The van der Waals surface area contributed by atoms with E-state index in [1.165, 1.54) is 4.52 Å². The highest BCUT2D eigenvalue weighted by atomic mass is 16.2. The number of nitrogens with zero attached hydrogens (tertiary/aromatic N) is 4. The predicted octanol–water partition coefficient (Wildman–Crippen LogP) is 0.0510. The zero-order valence-corrected chi connectivity index (χ0v) is 11.2. The Morgan fingerprint density at radius 3 is 2.90 bits per heavy atom. The number of H-pyrrole nitrogens is 1. The van der Waals surface area contributed by atoms with Gasteiger partial charge in [-0.3, -0.25) is 14.6 Å². The number of aromatic nitrogens is 5. The first-order chi connectivity index (χ1) is 10.1. The minimum absolute atomic E-state index is 0.00491. The van der Waals surface area contributed by atoms with Gasteiger partial charge in [-0.25, -0.2) is 4.52 Å². The van der Waals surface area contributed by atoms with Crippen LogP contribution < -0.4 is 10.9 Å². The highest BCUT2D eigenvalue weighted by Gasteiger charge is 2.17. The van der Waals surface area contributed by atoms with Gasteiger partial charge in [0.1, 0.15) is 0 Å². The summed E-state index contributed by atoms with van der Waals surface area (Å²) in [7, 11) is 0. The van der Waals surface area contributed by atoms with Crippen LogP contribution in [0.1, 0.15) is 21.7 Å². The molecule has 0 aromatic carbocycles. The second-order valence-corrected chi connectivity index (χ2v) is 4.54. The SMILES string of the molecule is Cc1cn2nnc(C(=O)NCc3ccncc3)c2c(=O)[nH]1. The normalized spacial score (nSPS) is 10.7. The monoisotopic (exact) mass is 284 g/mol. The van der Waals surface area contributed by atoms with E-state index < -0.39 is 11.5 Å². The van der Waals surface area contributed by atoms with Crippen molar-refractivity contribution in [2.45, 2.75) is 13.5 Å². The lowest BCUT2D eigenvalue weighted by molar-refractivity contribution is 0.0947. The average molecular weight is 284 g/mol. The second kappa shape index (κ2) is 5.16. The fraction of sp³-hybridized carbons (Fsp3) is 0.154. The summed E-state index contributed by atoms with van der Waals surface area (Å²) in [6, 6.07) is 3.58. The summed E-state index contributed by atoms with van der Waals surface area (Å²) in [6.07, 6.45) is 4.88. The molecule has 3 aromatic rings. The van der Waals surface area contributed by atoms with E-state index in [1.54, 1.807) is 37.6 Å². The van der Waals surface area contributed by atoms with E-state index >= 15 is 0 Å². The van der Waals surface area contributed by atoms with Gasteiger partial charge >= 0.3 is 0 Å². The maximum Gasteiger partial charge on any atom is 0.276 e. The third-order valence-electron chi connectivity index (χ3n) is 2.95. The second-order valence-electron chi connectivity index (χ2n) is 4.54. The number of aromatic amines is 1. The zero-order chi connectivity index (χ0) is 14.8. The minimum atomic E-state index is -0.448. The van der Waals surface area contributed by atoms with Gasteiger partial charge in [0, 0.05) is 24.6 Å². The molecule has 0 fully saturated rings. The fourth-order valence-corrected chi connectivity index (χ4v) is 1.97. The standard InChI is InChI=1S/C13H12N6O2/c1-8-7-19-11(13(21)16-8)10(17-18-19)12(20)15-6-9-2-4-14-5-3-9/h2-5,7H,6H2,1H3,(H,15,20)(H,16,21). The molecule has 0 spiro atoms. The molecule has 0 saturated heterocycles. The van der Waals surface area contributed by atoms with Gasteiger partial charge in [-0.05, 0) is 24.6 Å². The Kier molecular flexibility index (Phi) is 3.19. The van der Waals surface area contributed by atoms with Crippen LogP contribution in [0.5, 0.6) is 0 Å². The van der Waals surface area contributed by atoms with Crippen molar-refractivity contribution in [3.63, 3.8) is 0 Å². The molecule has 0 bridgehead atoms. The van der Waals surface area contributed by atoms with Gasteiger partial charge in [0.05, 0.1) is 6.20 Å². The third kappa shape index (κ3) is 2.50. The molecule has 0 aliphatic carbocycles. The maximum atomic E-state index is 12.1. The highest BCUT2D eigenvalue weighted by Crippen LogP contribution is 2.03. The summed E-state index contributed by atoms with van der Waals surface area (Å²) in [4.78, 5) is 30.6. The molecule has 106 valence electrons. The molecular weight excluding hydrogens is 272 g/mol. The highest BCUT2D eigenvalue weighted by molar-refractivity contribution is 5.98. The smallest absolute Gasteiger partial charge is 0.276 e. The Hall–Kier alpha value is -3.03. The van der Waals surface area contributed by atoms with Crippen LogP contribution in [-0.2, 0) is 6.54 Å². The van der Waals surface area contributed by atoms with Crippen LogP contribution >= 0.6 is 0 Å². The molecule has 8 nitrogen and oxygen atoms in total. The van der Waals surface area contributed by atoms with Crippen molar-refractivity contribution in [2.24, 2.45) is 0 Å². The van der Waals surface area contributed by atoms with Gasteiger partial charge in [0.25, 0.3) is 11.5 Å². The molecule has 0 aliphatic heterocycles. The van der Waals surface area contributed by atoms with Crippen LogP contribution in [0, 0.1) is 6.92 Å². The molecule has 1 amide bonds. The van der Waals surface area contributed by atoms with E-state index in [4.69, 9.17) is 0 Å². The van der Waals surface area contributed by atoms with Gasteiger partial charge in [-0.2, -0.15) is 0 Å². The summed E-state index contributed by atoms with van der Waals surface area (Å²) >= 11 is 0. The van der Waals surface area contributed by atoms with E-state index in [1.807, 2.05) is 0 Å². The van der Waals surface area contributed by atoms with Crippen LogP contribution in [0.3, 0.4) is 0 Å². The first-order valence-corrected chi connectivity index (χ1v) is 6.27. The lowest BCUT2D eigenvalue weighted by Crippen LogP contribution is -2.25. The fourth-order valence-electron chi connectivity index (χ4n) is 1.97. The van der Waals surface area contributed by atoms with Crippen molar-refractivity contribution < 1.29 is 4.79 Å². The molecule has 3 aromatic heterocycles. The van der Waals surface area contributed by atoms with Crippen LogP contribution in [0.25, 0.3) is 5.52 Å². The van der Waals surface area contributed by atoms with Crippen molar-refractivity contribution in [3.8, 4) is 0 Å². The molecule has 0 saturated carbocycles. The van der Waals surface area contributed by atoms with Crippen molar-refractivity contribution >= 4 is 11.4 Å². The lowest BCUT2D eigenvalue weighted by Gasteiger charge is -2.02. The molecule has 0 radical (unpaired) electrons. The molecule has 3 rings (SSSR count). The van der Waals surface area contributed by atoms with Crippen LogP contribution in [-0.4, -0.2) is 30.7 Å². The van der Waals surface area contributed by atoms with Crippen molar-refractivity contribution in [2.75, 3.05) is 0 Å². The predicted molar refractivity (Wildman–Crippen MR) is 73.8 cm³/mol. The van der Waals surface area contributed by atoms with Crippen molar-refractivity contribution in [1.82, 2.24) is 30.1 Å². The molecule has 3 heterocycles. The number of nitrogens with one attached hydrogen (secondary N) is 2. The number of hydrogen-bond donors (Lipinski definition) is 2. The topological polar surface area (TPSA) is 105 Å². The number of carbonyl (C=O) groups is 1. The van der Waals surface area contributed by atoms with E-state index in [2.05, 4.69) is 25.6 Å². The summed E-state index contributed by atoms with van der Waals surface area (Å²) in [5.41, 5.74) is 1.29. The third-order valence-corrected chi connectivity index (χ3v) is 2.95. The van der Waals surface area contributed by atoms with Crippen LogP contribution in [0.15, 0.2) is 35.5 Å². The molecular formula is C13H12N6O2. The summed E-state index contributed by atoms with van der Waals surface area (Å²) in [5, 5.41) is 10.3. The Morgan fingerprint density at radius 2 is 2.14 bits per heavy atom. The van der Waals surface area contributed by atoms with Gasteiger partial charge in [0.15, 0.2) is 11.2 Å². The number of carbonyl (C=O) groups excluding carboxylic acids is 1. The Morgan fingerprint density at radius 1 is 1.38 bits per heavy atom. The van der Waals surface area contributed by atoms with Gasteiger partial charge < -0.3 is 10.3 Å². The number of rotatable bonds is 3. The van der Waals surface area contributed by atoms with Crippen molar-refractivity contribution in [1.29, 1.82) is 0 Å². The quantitative estimate of drug-likeness (QED) is 0.707. The number of fused-ring (bicyclic) bond motifs is 1. The molecule has 8 heteroatoms. The maximum absolute atomic E-state index is 12.1. The average Bonchev–Trinajstić information content (AvgIpc) is 2.90. The summed E-state index contributed by atoms with van der Waals surface area (Å²) in [5.74, 6) is -0.448. The van der Waals surface area contributed by atoms with Crippen molar-refractivity contribution in [3.05, 3.63) is 58.0 Å². The van der Waals surface area contributed by atoms with Gasteiger partial charge in [0.2, 0.25) is 0 Å². The van der Waals surface area contributed by atoms with E-state index in [9.17, 15) is 9.59 Å². The summed E-state index contributed by atoms with van der Waals surface area (Å²) in [6.45, 7) is 2.05. The van der Waals surface area contributed by atoms with Crippen LogP contribution in [0.4, 0.5) is 0 Å². The van der Waals surface area contributed by atoms with E-state index in [0.717, 1.165) is 5.56 Å². The zero-order valence-electron chi connectivity index (χ0n) is 11.2.